The van der Waals surface area contributed by atoms with E-state index < -0.39 is 0 Å². The molecule has 0 atom stereocenters. The molecule has 0 bridgehead atoms. The maximum absolute atomic E-state index is 12.8. The molecule has 1 aromatic heterocycles. The molecule has 2 aliphatic rings. The second-order valence-corrected chi connectivity index (χ2v) is 10.4. The Bertz CT molecular complexity index is 1010. The van der Waals surface area contributed by atoms with Crippen LogP contribution in [-0.2, 0) is 12.8 Å². The molecule has 34 heavy (non-hydrogen) atoms. The van der Waals surface area contributed by atoms with Crippen LogP contribution in [0.1, 0.15) is 80.7 Å². The van der Waals surface area contributed by atoms with Gasteiger partial charge >= 0.3 is 6.03 Å². The Morgan fingerprint density at radius 1 is 1.03 bits per heavy atom. The molecule has 1 saturated carbocycles. The summed E-state index contributed by atoms with van der Waals surface area (Å²) in [4.78, 5) is 24.6. The first kappa shape index (κ1) is 24.3. The quantitative estimate of drug-likeness (QED) is 0.533. The van der Waals surface area contributed by atoms with E-state index in [0.717, 1.165) is 61.5 Å². The van der Waals surface area contributed by atoms with Crippen molar-refractivity contribution in [2.24, 2.45) is 0 Å². The molecule has 1 heterocycles. The number of rotatable bonds is 6. The van der Waals surface area contributed by atoms with E-state index in [9.17, 15) is 4.79 Å². The number of hydrogen-bond acceptors (Lipinski definition) is 5. The molecule has 2 amide bonds. The molecule has 2 aromatic rings. The van der Waals surface area contributed by atoms with Gasteiger partial charge in [0.05, 0.1) is 5.69 Å². The zero-order valence-electron chi connectivity index (χ0n) is 21.4. The predicted octanol–water partition coefficient (Wildman–Crippen LogP) is 5.40. The first-order valence-corrected chi connectivity index (χ1v) is 12.8. The van der Waals surface area contributed by atoms with Crippen LogP contribution in [0, 0.1) is 6.92 Å². The number of fused-ring (bicyclic) bond motifs is 1. The number of nitrogens with zero attached hydrogens (tertiary/aromatic N) is 3. The van der Waals surface area contributed by atoms with Crippen molar-refractivity contribution >= 4 is 23.5 Å². The Hall–Kier alpha value is -2.83. The van der Waals surface area contributed by atoms with E-state index in [1.165, 1.54) is 29.7 Å². The van der Waals surface area contributed by atoms with Gasteiger partial charge in [-0.1, -0.05) is 32.0 Å². The van der Waals surface area contributed by atoms with Gasteiger partial charge in [-0.15, -0.1) is 0 Å². The number of carbonyl (C=O) groups excluding carboxylic acids is 1. The lowest BCUT2D eigenvalue weighted by Crippen LogP contribution is -2.42. The number of urea groups is 1. The number of benzene rings is 1. The molecule has 0 aliphatic heterocycles. The number of anilines is 3. The van der Waals surface area contributed by atoms with Crippen LogP contribution >= 0.6 is 0 Å². The third-order valence-electron chi connectivity index (χ3n) is 7.15. The second-order valence-electron chi connectivity index (χ2n) is 10.4. The molecule has 0 radical (unpaired) electrons. The van der Waals surface area contributed by atoms with E-state index in [4.69, 9.17) is 9.97 Å². The Balaban J connectivity index is 1.32. The lowest BCUT2D eigenvalue weighted by molar-refractivity contribution is 0.243. The largest absolute Gasteiger partial charge is 0.362 e. The van der Waals surface area contributed by atoms with Crippen molar-refractivity contribution in [3.05, 3.63) is 40.6 Å². The van der Waals surface area contributed by atoms with Crippen molar-refractivity contribution in [3.63, 3.8) is 0 Å². The average Bonchev–Trinajstić information content (AvgIpc) is 2.81. The first-order chi connectivity index (χ1) is 16.3. The van der Waals surface area contributed by atoms with Gasteiger partial charge in [0.2, 0.25) is 5.95 Å². The molecule has 2 aliphatic carbocycles. The van der Waals surface area contributed by atoms with Gasteiger partial charge in [0.15, 0.2) is 0 Å². The molecular weight excluding hydrogens is 424 g/mol. The van der Waals surface area contributed by atoms with Crippen LogP contribution in [-0.4, -0.2) is 42.2 Å². The maximum atomic E-state index is 12.8. The zero-order valence-corrected chi connectivity index (χ0v) is 21.4. The van der Waals surface area contributed by atoms with Gasteiger partial charge in [-0.3, -0.25) is 0 Å². The van der Waals surface area contributed by atoms with Crippen LogP contribution < -0.4 is 20.9 Å². The molecule has 1 fully saturated rings. The summed E-state index contributed by atoms with van der Waals surface area (Å²) in [5, 5.41) is 9.90. The standard InChI is InChI=1S/C27H40N6O/c1-17(2)21-11-8-9-18(3)24(21)31-27(34)29-20-15-13-19(14-16-20)28-26-30-23-12-7-6-10-22(23)25(32-26)33(4)5/h8-9,11,17,19-20H,6-7,10,12-16H2,1-5H3,(H,28,30,32)(H2,29,31,34)/t19-,20+. The Morgan fingerprint density at radius 3 is 2.44 bits per heavy atom. The van der Waals surface area contributed by atoms with Gasteiger partial charge in [0.1, 0.15) is 5.82 Å². The number of amides is 2. The van der Waals surface area contributed by atoms with Crippen LogP contribution in [0.5, 0.6) is 0 Å². The first-order valence-electron chi connectivity index (χ1n) is 12.8. The van der Waals surface area contributed by atoms with E-state index >= 15 is 0 Å². The Labute approximate surface area is 204 Å². The lowest BCUT2D eigenvalue weighted by atomic mass is 9.91. The van der Waals surface area contributed by atoms with E-state index in [0.29, 0.717) is 12.0 Å². The SMILES string of the molecule is Cc1cccc(C(C)C)c1NC(=O)N[C@H]1CC[C@@H](Nc2nc3c(c(N(C)C)n2)CCCC3)CC1. The minimum absolute atomic E-state index is 0.110. The van der Waals surface area contributed by atoms with E-state index in [1.54, 1.807) is 0 Å². The van der Waals surface area contributed by atoms with Gasteiger partial charge < -0.3 is 20.9 Å². The summed E-state index contributed by atoms with van der Waals surface area (Å²) in [5.41, 5.74) is 5.72. The molecule has 0 spiro atoms. The summed E-state index contributed by atoms with van der Waals surface area (Å²) in [6, 6.07) is 6.60. The highest BCUT2D eigenvalue weighted by Gasteiger charge is 2.25. The zero-order chi connectivity index (χ0) is 24.2. The molecule has 3 N–H and O–H groups in total. The molecule has 0 saturated heterocycles. The van der Waals surface area contributed by atoms with Crippen molar-refractivity contribution in [2.45, 2.75) is 90.1 Å². The molecule has 1 aromatic carbocycles. The number of hydrogen-bond donors (Lipinski definition) is 3. The number of carbonyl (C=O) groups is 1. The molecule has 7 nitrogen and oxygen atoms in total. The van der Waals surface area contributed by atoms with E-state index in [1.807, 2.05) is 13.0 Å². The Kier molecular flexibility index (Phi) is 7.59. The highest BCUT2D eigenvalue weighted by atomic mass is 16.2. The van der Waals surface area contributed by atoms with Gasteiger partial charge in [-0.05, 0) is 75.3 Å². The minimum Gasteiger partial charge on any atom is -0.362 e. The average molecular weight is 465 g/mol. The summed E-state index contributed by atoms with van der Waals surface area (Å²) >= 11 is 0. The molecule has 0 unspecified atom stereocenters. The monoisotopic (exact) mass is 464 g/mol. The number of aryl methyl sites for hydroxylation is 2. The van der Waals surface area contributed by atoms with Gasteiger partial charge in [0, 0.05) is 37.4 Å². The highest BCUT2D eigenvalue weighted by molar-refractivity contribution is 5.91. The summed E-state index contributed by atoms with van der Waals surface area (Å²) < 4.78 is 0. The third-order valence-corrected chi connectivity index (χ3v) is 7.15. The van der Waals surface area contributed by atoms with E-state index in [-0.39, 0.29) is 12.1 Å². The van der Waals surface area contributed by atoms with Crippen molar-refractivity contribution in [3.8, 4) is 0 Å². The van der Waals surface area contributed by atoms with Crippen molar-refractivity contribution in [1.82, 2.24) is 15.3 Å². The number of nitrogens with one attached hydrogen (secondary N) is 3. The van der Waals surface area contributed by atoms with Crippen LogP contribution in [0.15, 0.2) is 18.2 Å². The topological polar surface area (TPSA) is 82.2 Å². The highest BCUT2D eigenvalue weighted by Crippen LogP contribution is 2.30. The van der Waals surface area contributed by atoms with Crippen LogP contribution in [0.2, 0.25) is 0 Å². The second kappa shape index (κ2) is 10.6. The fraction of sp³-hybridized carbons (Fsp3) is 0.593. The molecule has 4 rings (SSSR count). The fourth-order valence-corrected chi connectivity index (χ4v) is 5.25. The summed E-state index contributed by atoms with van der Waals surface area (Å²) in [7, 11) is 4.12. The maximum Gasteiger partial charge on any atom is 0.319 e. The van der Waals surface area contributed by atoms with Crippen molar-refractivity contribution in [2.75, 3.05) is 29.6 Å². The molecular formula is C27H40N6O. The fourth-order valence-electron chi connectivity index (χ4n) is 5.25. The smallest absolute Gasteiger partial charge is 0.319 e. The van der Waals surface area contributed by atoms with Crippen molar-refractivity contribution in [1.29, 1.82) is 0 Å². The summed E-state index contributed by atoms with van der Waals surface area (Å²) in [6.07, 6.45) is 8.41. The number of para-hydroxylation sites is 1. The van der Waals surface area contributed by atoms with Crippen molar-refractivity contribution < 1.29 is 4.79 Å². The summed E-state index contributed by atoms with van der Waals surface area (Å²) in [5.74, 6) is 2.16. The van der Waals surface area contributed by atoms with Crippen LogP contribution in [0.3, 0.4) is 0 Å². The predicted molar refractivity (Wildman–Crippen MR) is 140 cm³/mol. The normalized spacial score (nSPS) is 19.9. The van der Waals surface area contributed by atoms with Crippen LogP contribution in [0.4, 0.5) is 22.2 Å². The van der Waals surface area contributed by atoms with Gasteiger partial charge in [-0.25, -0.2) is 9.78 Å². The van der Waals surface area contributed by atoms with Gasteiger partial charge in [0.25, 0.3) is 0 Å². The minimum atomic E-state index is -0.110. The summed E-state index contributed by atoms with van der Waals surface area (Å²) in [6.45, 7) is 6.35. The lowest BCUT2D eigenvalue weighted by Gasteiger charge is -2.30. The van der Waals surface area contributed by atoms with E-state index in [2.05, 4.69) is 60.9 Å². The third kappa shape index (κ3) is 5.62. The molecule has 184 valence electrons. The van der Waals surface area contributed by atoms with Crippen LogP contribution in [0.25, 0.3) is 0 Å². The number of aromatic nitrogens is 2. The molecule has 7 heteroatoms. The Morgan fingerprint density at radius 2 is 1.74 bits per heavy atom. The van der Waals surface area contributed by atoms with Gasteiger partial charge in [-0.2, -0.15) is 4.98 Å².